The first-order valence-corrected chi connectivity index (χ1v) is 7.66. The quantitative estimate of drug-likeness (QED) is 0.718. The number of rotatable bonds is 6. The predicted molar refractivity (Wildman–Crippen MR) is 66.7 cm³/mol. The van der Waals surface area contributed by atoms with Gasteiger partial charge >= 0.3 is 0 Å². The van der Waals surface area contributed by atoms with Crippen molar-refractivity contribution in [1.82, 2.24) is 4.31 Å². The van der Waals surface area contributed by atoms with Crippen LogP contribution in [0.4, 0.5) is 0 Å². The lowest BCUT2D eigenvalue weighted by molar-refractivity contribution is 0.323. The molecule has 1 saturated heterocycles. The standard InChI is InChI=1S/C11H24N2O2S/c1-11(2,10-12)6-3-4-7-13-8-5-9-16(13,14)15/h3-10,12H2,1-2H3. The molecule has 1 rings (SSSR count). The highest BCUT2D eigenvalue weighted by atomic mass is 32.2. The molecule has 1 aliphatic rings. The lowest BCUT2D eigenvalue weighted by atomic mass is 9.87. The van der Waals surface area contributed by atoms with Gasteiger partial charge in [-0.1, -0.05) is 20.3 Å². The molecule has 0 bridgehead atoms. The molecule has 0 spiro atoms. The largest absolute Gasteiger partial charge is 0.330 e. The van der Waals surface area contributed by atoms with Crippen LogP contribution in [-0.4, -0.2) is 38.1 Å². The maximum absolute atomic E-state index is 11.5. The molecule has 0 aromatic carbocycles. The van der Waals surface area contributed by atoms with Gasteiger partial charge in [0.05, 0.1) is 5.75 Å². The lowest BCUT2D eigenvalue weighted by Crippen LogP contribution is -2.27. The third kappa shape index (κ3) is 4.03. The van der Waals surface area contributed by atoms with Crippen molar-refractivity contribution in [1.29, 1.82) is 0 Å². The van der Waals surface area contributed by atoms with E-state index in [1.165, 1.54) is 0 Å². The molecular formula is C11H24N2O2S. The normalized spacial score (nSPS) is 21.4. The van der Waals surface area contributed by atoms with Crippen molar-refractivity contribution in [3.8, 4) is 0 Å². The van der Waals surface area contributed by atoms with Crippen molar-refractivity contribution in [2.45, 2.75) is 39.5 Å². The summed E-state index contributed by atoms with van der Waals surface area (Å²) >= 11 is 0. The molecule has 5 heteroatoms. The van der Waals surface area contributed by atoms with Gasteiger partial charge in [-0.15, -0.1) is 0 Å². The summed E-state index contributed by atoms with van der Waals surface area (Å²) in [5.74, 6) is 0.335. The van der Waals surface area contributed by atoms with Crippen molar-refractivity contribution >= 4 is 10.0 Å². The number of sulfonamides is 1. The second-order valence-electron chi connectivity index (χ2n) is 5.39. The molecule has 0 atom stereocenters. The second kappa shape index (κ2) is 5.47. The topological polar surface area (TPSA) is 63.4 Å². The van der Waals surface area contributed by atoms with Crippen LogP contribution in [0.3, 0.4) is 0 Å². The predicted octanol–water partition coefficient (Wildman–Crippen LogP) is 1.18. The minimum absolute atomic E-state index is 0.184. The Morgan fingerprint density at radius 3 is 2.50 bits per heavy atom. The van der Waals surface area contributed by atoms with Crippen molar-refractivity contribution in [3.63, 3.8) is 0 Å². The van der Waals surface area contributed by atoms with Crippen molar-refractivity contribution in [2.75, 3.05) is 25.4 Å². The van der Waals surface area contributed by atoms with Crippen LogP contribution < -0.4 is 5.73 Å². The van der Waals surface area contributed by atoms with Crippen LogP contribution in [0.2, 0.25) is 0 Å². The molecule has 1 aliphatic heterocycles. The van der Waals surface area contributed by atoms with Gasteiger partial charge in [-0.25, -0.2) is 12.7 Å². The zero-order chi connectivity index (χ0) is 12.2. The first-order chi connectivity index (χ1) is 7.37. The van der Waals surface area contributed by atoms with Gasteiger partial charge in [-0.2, -0.15) is 0 Å². The Morgan fingerprint density at radius 2 is 2.00 bits per heavy atom. The summed E-state index contributed by atoms with van der Waals surface area (Å²) in [6.07, 6.45) is 3.85. The van der Waals surface area contributed by atoms with E-state index in [1.807, 2.05) is 0 Å². The van der Waals surface area contributed by atoms with E-state index in [0.717, 1.165) is 25.7 Å². The number of hydrogen-bond acceptors (Lipinski definition) is 3. The van der Waals surface area contributed by atoms with Gasteiger partial charge in [0.25, 0.3) is 0 Å². The van der Waals surface area contributed by atoms with E-state index in [4.69, 9.17) is 5.73 Å². The van der Waals surface area contributed by atoms with Crippen LogP contribution in [0.25, 0.3) is 0 Å². The van der Waals surface area contributed by atoms with Crippen LogP contribution >= 0.6 is 0 Å². The summed E-state index contributed by atoms with van der Waals surface area (Å²) in [6, 6.07) is 0. The highest BCUT2D eigenvalue weighted by Crippen LogP contribution is 2.22. The smallest absolute Gasteiger partial charge is 0.214 e. The minimum Gasteiger partial charge on any atom is -0.330 e. The monoisotopic (exact) mass is 248 g/mol. The molecular weight excluding hydrogens is 224 g/mol. The molecule has 0 radical (unpaired) electrons. The summed E-state index contributed by atoms with van der Waals surface area (Å²) in [4.78, 5) is 0. The minimum atomic E-state index is -2.90. The summed E-state index contributed by atoms with van der Waals surface area (Å²) in [5, 5.41) is 0. The van der Waals surface area contributed by atoms with E-state index in [2.05, 4.69) is 13.8 Å². The summed E-state index contributed by atoms with van der Waals surface area (Å²) in [7, 11) is -2.90. The Morgan fingerprint density at radius 1 is 1.31 bits per heavy atom. The Balaban J connectivity index is 2.22. The van der Waals surface area contributed by atoms with E-state index < -0.39 is 10.0 Å². The third-order valence-corrected chi connectivity index (χ3v) is 5.22. The molecule has 1 fully saturated rings. The Labute approximate surface area is 99.2 Å². The molecule has 0 saturated carbocycles. The average Bonchev–Trinajstić information content (AvgIpc) is 2.53. The molecule has 96 valence electrons. The van der Waals surface area contributed by atoms with Gasteiger partial charge < -0.3 is 5.73 Å². The first-order valence-electron chi connectivity index (χ1n) is 6.05. The Hall–Kier alpha value is -0.130. The zero-order valence-corrected chi connectivity index (χ0v) is 11.2. The highest BCUT2D eigenvalue weighted by molar-refractivity contribution is 7.89. The fourth-order valence-electron chi connectivity index (χ4n) is 1.94. The molecule has 1 heterocycles. The number of nitrogens with two attached hydrogens (primary N) is 1. The lowest BCUT2D eigenvalue weighted by Gasteiger charge is -2.22. The van der Waals surface area contributed by atoms with Gasteiger partial charge in [0.1, 0.15) is 0 Å². The summed E-state index contributed by atoms with van der Waals surface area (Å²) < 4.78 is 24.7. The second-order valence-corrected chi connectivity index (χ2v) is 7.48. The van der Waals surface area contributed by atoms with Crippen LogP contribution in [0, 0.1) is 5.41 Å². The van der Waals surface area contributed by atoms with Crippen LogP contribution in [0.1, 0.15) is 39.5 Å². The molecule has 0 unspecified atom stereocenters. The van der Waals surface area contributed by atoms with E-state index >= 15 is 0 Å². The molecule has 0 amide bonds. The molecule has 4 nitrogen and oxygen atoms in total. The van der Waals surface area contributed by atoms with Gasteiger partial charge in [-0.3, -0.25) is 0 Å². The highest BCUT2D eigenvalue weighted by Gasteiger charge is 2.27. The van der Waals surface area contributed by atoms with Gasteiger partial charge in [0, 0.05) is 13.1 Å². The molecule has 2 N–H and O–H groups in total. The number of nitrogens with zero attached hydrogens (tertiary/aromatic N) is 1. The van der Waals surface area contributed by atoms with Crippen LogP contribution in [0.15, 0.2) is 0 Å². The zero-order valence-electron chi connectivity index (χ0n) is 10.4. The number of hydrogen-bond donors (Lipinski definition) is 1. The maximum Gasteiger partial charge on any atom is 0.214 e. The molecule has 0 aromatic heterocycles. The van der Waals surface area contributed by atoms with Gasteiger partial charge in [0.2, 0.25) is 10.0 Å². The van der Waals surface area contributed by atoms with E-state index in [1.54, 1.807) is 4.31 Å². The van der Waals surface area contributed by atoms with E-state index in [9.17, 15) is 8.42 Å². The van der Waals surface area contributed by atoms with Crippen molar-refractivity contribution < 1.29 is 8.42 Å². The van der Waals surface area contributed by atoms with Gasteiger partial charge in [-0.05, 0) is 31.2 Å². The van der Waals surface area contributed by atoms with Crippen molar-refractivity contribution in [2.24, 2.45) is 11.1 Å². The molecule has 0 aromatic rings. The Kier molecular flexibility index (Phi) is 4.76. The molecule has 16 heavy (non-hydrogen) atoms. The van der Waals surface area contributed by atoms with Crippen LogP contribution in [0.5, 0.6) is 0 Å². The van der Waals surface area contributed by atoms with Crippen LogP contribution in [-0.2, 0) is 10.0 Å². The van der Waals surface area contributed by atoms with E-state index in [0.29, 0.717) is 25.4 Å². The van der Waals surface area contributed by atoms with Gasteiger partial charge in [0.15, 0.2) is 0 Å². The summed E-state index contributed by atoms with van der Waals surface area (Å²) in [5.41, 5.74) is 5.83. The van der Waals surface area contributed by atoms with E-state index in [-0.39, 0.29) is 5.41 Å². The van der Waals surface area contributed by atoms with Crippen molar-refractivity contribution in [3.05, 3.63) is 0 Å². The first kappa shape index (κ1) is 13.9. The number of unbranched alkanes of at least 4 members (excludes halogenated alkanes) is 1. The maximum atomic E-state index is 11.5. The fourth-order valence-corrected chi connectivity index (χ4v) is 3.50. The SMILES string of the molecule is CC(C)(CN)CCCCN1CCCS1(=O)=O. The fraction of sp³-hybridized carbons (Fsp3) is 1.00. The summed E-state index contributed by atoms with van der Waals surface area (Å²) in [6.45, 7) is 6.39. The molecule has 0 aliphatic carbocycles. The third-order valence-electron chi connectivity index (χ3n) is 3.27. The Bertz CT molecular complexity index is 312. The average molecular weight is 248 g/mol.